The quantitative estimate of drug-likeness (QED) is 0.328. The first kappa shape index (κ1) is 16.3. The number of nitrogens with zero attached hydrogens (tertiary/aromatic N) is 2. The summed E-state index contributed by atoms with van der Waals surface area (Å²) in [7, 11) is 0. The molecule has 1 N–H and O–H groups in total. The van der Waals surface area contributed by atoms with Crippen LogP contribution in [-0.2, 0) is 12.8 Å². The normalized spacial score (nSPS) is 14.5. The molecular formula is C23H19N3S. The van der Waals surface area contributed by atoms with Gasteiger partial charge in [0.1, 0.15) is 11.1 Å². The highest BCUT2D eigenvalue weighted by atomic mass is 32.1. The zero-order valence-electron chi connectivity index (χ0n) is 15.0. The van der Waals surface area contributed by atoms with Crippen molar-refractivity contribution in [3.05, 3.63) is 64.2 Å². The number of aromatic nitrogens is 1. The summed E-state index contributed by atoms with van der Waals surface area (Å²) in [6.45, 7) is 0. The Morgan fingerprint density at radius 1 is 1.04 bits per heavy atom. The van der Waals surface area contributed by atoms with Crippen LogP contribution in [-0.4, -0.2) is 11.2 Å². The second kappa shape index (κ2) is 6.68. The lowest BCUT2D eigenvalue weighted by molar-refractivity contribution is 0.712. The maximum Gasteiger partial charge on any atom is 0.134 e. The highest BCUT2D eigenvalue weighted by molar-refractivity contribution is 7.16. The Balaban J connectivity index is 1.57. The van der Waals surface area contributed by atoms with E-state index in [2.05, 4.69) is 47.5 Å². The first-order valence-electron chi connectivity index (χ1n) is 9.42. The number of nitrogens with one attached hydrogen (secondary N) is 1. The number of aliphatic imine (C=N–C) groups is 1. The summed E-state index contributed by atoms with van der Waals surface area (Å²) >= 11 is 1.70. The van der Waals surface area contributed by atoms with E-state index in [-0.39, 0.29) is 0 Å². The molecule has 27 heavy (non-hydrogen) atoms. The number of fused-ring (bicyclic) bond motifs is 4. The third-order valence-corrected chi connectivity index (χ3v) is 6.65. The summed E-state index contributed by atoms with van der Waals surface area (Å²) in [5, 5.41) is 14.1. The maximum absolute atomic E-state index is 9.68. The molecule has 1 aliphatic carbocycles. The van der Waals surface area contributed by atoms with Crippen molar-refractivity contribution in [1.29, 1.82) is 5.26 Å². The van der Waals surface area contributed by atoms with Crippen molar-refractivity contribution >= 4 is 44.2 Å². The van der Waals surface area contributed by atoms with Gasteiger partial charge >= 0.3 is 0 Å². The van der Waals surface area contributed by atoms with Gasteiger partial charge in [-0.15, -0.1) is 11.3 Å². The Labute approximate surface area is 162 Å². The molecule has 5 rings (SSSR count). The maximum atomic E-state index is 9.68. The molecule has 0 atom stereocenters. The van der Waals surface area contributed by atoms with Crippen LogP contribution in [0.4, 0.5) is 5.00 Å². The fourth-order valence-electron chi connectivity index (χ4n) is 4.06. The van der Waals surface area contributed by atoms with E-state index >= 15 is 0 Å². The van der Waals surface area contributed by atoms with E-state index in [9.17, 15) is 5.26 Å². The van der Waals surface area contributed by atoms with Crippen molar-refractivity contribution in [3.8, 4) is 6.07 Å². The summed E-state index contributed by atoms with van der Waals surface area (Å²) in [5.41, 5.74) is 4.23. The summed E-state index contributed by atoms with van der Waals surface area (Å²) in [5.74, 6) is 0. The lowest BCUT2D eigenvalue weighted by Gasteiger charge is -1.99. The van der Waals surface area contributed by atoms with Crippen LogP contribution in [0, 0.1) is 11.3 Å². The molecule has 4 heteroatoms. The first-order valence-corrected chi connectivity index (χ1v) is 10.2. The van der Waals surface area contributed by atoms with E-state index in [1.165, 1.54) is 40.5 Å². The molecule has 2 heterocycles. The Bertz CT molecular complexity index is 1220. The zero-order chi connectivity index (χ0) is 18.2. The molecule has 0 amide bonds. The number of rotatable bonds is 2. The van der Waals surface area contributed by atoms with Crippen LogP contribution in [0.3, 0.4) is 0 Å². The smallest absolute Gasteiger partial charge is 0.134 e. The van der Waals surface area contributed by atoms with E-state index < -0.39 is 0 Å². The first-order chi connectivity index (χ1) is 13.3. The van der Waals surface area contributed by atoms with Crippen LogP contribution < -0.4 is 0 Å². The van der Waals surface area contributed by atoms with Gasteiger partial charge in [-0.05, 0) is 36.6 Å². The second-order valence-electron chi connectivity index (χ2n) is 7.07. The summed E-state index contributed by atoms with van der Waals surface area (Å²) in [6, 6.07) is 15.1. The molecule has 2 aromatic carbocycles. The molecule has 0 saturated carbocycles. The van der Waals surface area contributed by atoms with Crippen molar-refractivity contribution in [2.75, 3.05) is 0 Å². The van der Waals surface area contributed by atoms with E-state index in [0.717, 1.165) is 39.9 Å². The van der Waals surface area contributed by atoms with Gasteiger partial charge in [-0.25, -0.2) is 4.99 Å². The summed E-state index contributed by atoms with van der Waals surface area (Å²) < 4.78 is 0. The summed E-state index contributed by atoms with van der Waals surface area (Å²) in [6.07, 6.45) is 9.67. The SMILES string of the molecule is N#Cc1c(N=Cc2c[nH]c3c2ccc2ccccc23)sc2c1CCCCC2. The van der Waals surface area contributed by atoms with Crippen molar-refractivity contribution in [2.24, 2.45) is 4.99 Å². The van der Waals surface area contributed by atoms with Gasteiger partial charge in [-0.3, -0.25) is 0 Å². The van der Waals surface area contributed by atoms with Crippen LogP contribution in [0.5, 0.6) is 0 Å². The molecule has 0 saturated heterocycles. The molecule has 0 spiro atoms. The van der Waals surface area contributed by atoms with Crippen LogP contribution in [0.15, 0.2) is 47.6 Å². The van der Waals surface area contributed by atoms with E-state index in [1.54, 1.807) is 11.3 Å². The molecule has 4 aromatic rings. The van der Waals surface area contributed by atoms with E-state index in [1.807, 2.05) is 12.4 Å². The molecule has 0 bridgehead atoms. The minimum atomic E-state index is 0.790. The Morgan fingerprint density at radius 2 is 1.93 bits per heavy atom. The number of hydrogen-bond acceptors (Lipinski definition) is 3. The predicted octanol–water partition coefficient (Wildman–Crippen LogP) is 6.27. The lowest BCUT2D eigenvalue weighted by Crippen LogP contribution is -1.87. The number of benzene rings is 2. The Hall–Kier alpha value is -2.90. The molecule has 0 unspecified atom stereocenters. The molecular weight excluding hydrogens is 350 g/mol. The van der Waals surface area contributed by atoms with Gasteiger partial charge in [-0.2, -0.15) is 5.26 Å². The monoisotopic (exact) mass is 369 g/mol. The van der Waals surface area contributed by atoms with Crippen molar-refractivity contribution in [3.63, 3.8) is 0 Å². The molecule has 3 nitrogen and oxygen atoms in total. The molecule has 132 valence electrons. The van der Waals surface area contributed by atoms with Crippen molar-refractivity contribution < 1.29 is 0 Å². The molecule has 0 aliphatic heterocycles. The Kier molecular flexibility index (Phi) is 4.03. The molecule has 2 aromatic heterocycles. The average molecular weight is 369 g/mol. The van der Waals surface area contributed by atoms with E-state index in [0.29, 0.717) is 0 Å². The summed E-state index contributed by atoms with van der Waals surface area (Å²) in [4.78, 5) is 9.50. The van der Waals surface area contributed by atoms with Crippen molar-refractivity contribution in [1.82, 2.24) is 4.98 Å². The fourth-order valence-corrected chi connectivity index (χ4v) is 5.25. The van der Waals surface area contributed by atoms with Crippen LogP contribution in [0.1, 0.15) is 40.8 Å². The van der Waals surface area contributed by atoms with Gasteiger partial charge in [0, 0.05) is 33.6 Å². The number of nitriles is 1. The second-order valence-corrected chi connectivity index (χ2v) is 8.15. The van der Waals surface area contributed by atoms with Crippen LogP contribution >= 0.6 is 11.3 Å². The van der Waals surface area contributed by atoms with Gasteiger partial charge in [0.15, 0.2) is 0 Å². The highest BCUT2D eigenvalue weighted by Crippen LogP contribution is 2.39. The molecule has 0 fully saturated rings. The third kappa shape index (κ3) is 2.75. The largest absolute Gasteiger partial charge is 0.360 e. The lowest BCUT2D eigenvalue weighted by atomic mass is 10.1. The topological polar surface area (TPSA) is 51.9 Å². The minimum absolute atomic E-state index is 0.790. The number of hydrogen-bond donors (Lipinski definition) is 1. The minimum Gasteiger partial charge on any atom is -0.360 e. The van der Waals surface area contributed by atoms with Gasteiger partial charge in [0.05, 0.1) is 11.1 Å². The fraction of sp³-hybridized carbons (Fsp3) is 0.217. The van der Waals surface area contributed by atoms with Gasteiger partial charge in [0.2, 0.25) is 0 Å². The number of thiophene rings is 1. The number of H-pyrrole nitrogens is 1. The molecule has 0 radical (unpaired) electrons. The van der Waals surface area contributed by atoms with Gasteiger partial charge < -0.3 is 4.98 Å². The Morgan fingerprint density at radius 3 is 2.85 bits per heavy atom. The number of aromatic amines is 1. The van der Waals surface area contributed by atoms with Crippen molar-refractivity contribution in [2.45, 2.75) is 32.1 Å². The third-order valence-electron chi connectivity index (χ3n) is 5.45. The molecule has 1 aliphatic rings. The average Bonchev–Trinajstić information content (AvgIpc) is 3.19. The zero-order valence-corrected chi connectivity index (χ0v) is 15.8. The standard InChI is InChI=1S/C23H19N3S/c24-12-20-19-8-2-1-3-9-21(19)27-23(20)26-14-16-13-25-22-17-7-5-4-6-15(17)10-11-18(16)22/h4-7,10-11,13-14,25H,1-3,8-9H2. The van der Waals surface area contributed by atoms with Crippen LogP contribution in [0.2, 0.25) is 0 Å². The van der Waals surface area contributed by atoms with E-state index in [4.69, 9.17) is 4.99 Å². The number of aryl methyl sites for hydroxylation is 1. The van der Waals surface area contributed by atoms with Crippen LogP contribution in [0.25, 0.3) is 21.7 Å². The van der Waals surface area contributed by atoms with Gasteiger partial charge in [0.25, 0.3) is 0 Å². The van der Waals surface area contributed by atoms with Gasteiger partial charge in [-0.1, -0.05) is 42.8 Å². The predicted molar refractivity (Wildman–Crippen MR) is 113 cm³/mol. The highest BCUT2D eigenvalue weighted by Gasteiger charge is 2.19.